The first-order valence-electron chi connectivity index (χ1n) is 7.30. The van der Waals surface area contributed by atoms with E-state index in [2.05, 4.69) is 10.3 Å². The summed E-state index contributed by atoms with van der Waals surface area (Å²) in [7, 11) is 3.35. The Morgan fingerprint density at radius 3 is 2.82 bits per heavy atom. The molecule has 0 bridgehead atoms. The van der Waals surface area contributed by atoms with Gasteiger partial charge in [-0.15, -0.1) is 0 Å². The molecular formula is C16H23N3O3. The van der Waals surface area contributed by atoms with E-state index in [4.69, 9.17) is 4.74 Å². The van der Waals surface area contributed by atoms with E-state index in [1.165, 1.54) is 0 Å². The van der Waals surface area contributed by atoms with Crippen LogP contribution >= 0.6 is 0 Å². The van der Waals surface area contributed by atoms with Gasteiger partial charge in [-0.25, -0.2) is 4.98 Å². The van der Waals surface area contributed by atoms with Gasteiger partial charge < -0.3 is 15.2 Å². The maximum Gasteiger partial charge on any atom is 0.261 e. The van der Waals surface area contributed by atoms with Crippen LogP contribution in [0.15, 0.2) is 29.1 Å². The molecule has 1 aromatic carbocycles. The maximum absolute atomic E-state index is 12.4. The lowest BCUT2D eigenvalue weighted by Crippen LogP contribution is -2.47. The number of aliphatic hydroxyl groups is 1. The predicted molar refractivity (Wildman–Crippen MR) is 85.8 cm³/mol. The minimum absolute atomic E-state index is 0.0574. The van der Waals surface area contributed by atoms with E-state index in [9.17, 15) is 9.90 Å². The van der Waals surface area contributed by atoms with Crippen LogP contribution in [0.1, 0.15) is 19.2 Å². The zero-order chi connectivity index (χ0) is 16.2. The summed E-state index contributed by atoms with van der Waals surface area (Å²) in [5.74, 6) is 0.656. The molecule has 120 valence electrons. The highest BCUT2D eigenvalue weighted by molar-refractivity contribution is 5.77. The maximum atomic E-state index is 12.4. The molecular weight excluding hydrogens is 282 g/mol. The smallest absolute Gasteiger partial charge is 0.261 e. The average molecular weight is 305 g/mol. The number of aromatic nitrogens is 2. The number of methoxy groups -OCH3 is 1. The van der Waals surface area contributed by atoms with Gasteiger partial charge >= 0.3 is 0 Å². The van der Waals surface area contributed by atoms with Crippen molar-refractivity contribution < 1.29 is 9.84 Å². The molecule has 1 unspecified atom stereocenters. The molecule has 6 nitrogen and oxygen atoms in total. The summed E-state index contributed by atoms with van der Waals surface area (Å²) in [6.07, 6.45) is 0.558. The third-order valence-electron chi connectivity index (χ3n) is 3.88. The van der Waals surface area contributed by atoms with Crippen LogP contribution in [0.25, 0.3) is 10.9 Å². The number of fused-ring (bicyclic) bond motifs is 1. The molecule has 1 atom stereocenters. The number of ether oxygens (including phenoxy) is 1. The molecule has 2 aromatic rings. The molecule has 0 aliphatic rings. The van der Waals surface area contributed by atoms with E-state index in [-0.39, 0.29) is 17.7 Å². The van der Waals surface area contributed by atoms with E-state index < -0.39 is 0 Å². The Kier molecular flexibility index (Phi) is 5.28. The molecule has 2 N–H and O–H groups in total. The third-order valence-corrected chi connectivity index (χ3v) is 3.88. The molecule has 0 aliphatic carbocycles. The Morgan fingerprint density at radius 1 is 1.41 bits per heavy atom. The number of nitrogens with one attached hydrogen (secondary N) is 1. The van der Waals surface area contributed by atoms with E-state index in [0.29, 0.717) is 36.3 Å². The molecule has 0 saturated carbocycles. The Labute approximate surface area is 129 Å². The van der Waals surface area contributed by atoms with Gasteiger partial charge in [-0.05, 0) is 25.5 Å². The molecule has 2 rings (SSSR count). The van der Waals surface area contributed by atoms with Crippen molar-refractivity contribution in [2.45, 2.75) is 25.4 Å². The summed E-state index contributed by atoms with van der Waals surface area (Å²) >= 11 is 0. The van der Waals surface area contributed by atoms with Crippen LogP contribution in [0.2, 0.25) is 0 Å². The van der Waals surface area contributed by atoms with Gasteiger partial charge in [0.25, 0.3) is 5.56 Å². The van der Waals surface area contributed by atoms with Gasteiger partial charge in [0.15, 0.2) is 0 Å². The summed E-state index contributed by atoms with van der Waals surface area (Å²) in [4.78, 5) is 16.9. The van der Waals surface area contributed by atoms with Crippen molar-refractivity contribution in [3.05, 3.63) is 40.4 Å². The quantitative estimate of drug-likeness (QED) is 0.792. The van der Waals surface area contributed by atoms with Gasteiger partial charge in [0.1, 0.15) is 5.82 Å². The number of nitrogens with zero attached hydrogens (tertiary/aromatic N) is 2. The first-order chi connectivity index (χ1) is 10.5. The molecule has 0 amide bonds. The summed E-state index contributed by atoms with van der Waals surface area (Å²) in [5.41, 5.74) is 0.267. The second kappa shape index (κ2) is 7.00. The SMILES string of the molecule is COCC(C)(CCO)NCc1nc2ccccc2c(=O)n1C. The van der Waals surface area contributed by atoms with E-state index in [1.54, 1.807) is 24.8 Å². The molecule has 0 saturated heterocycles. The monoisotopic (exact) mass is 305 g/mol. The lowest BCUT2D eigenvalue weighted by Gasteiger charge is -2.29. The van der Waals surface area contributed by atoms with Crippen molar-refractivity contribution >= 4 is 10.9 Å². The number of para-hydroxylation sites is 1. The molecule has 0 fully saturated rings. The molecule has 22 heavy (non-hydrogen) atoms. The van der Waals surface area contributed by atoms with Gasteiger partial charge in [0, 0.05) is 26.3 Å². The predicted octanol–water partition coefficient (Wildman–Crippen LogP) is 0.811. The largest absolute Gasteiger partial charge is 0.396 e. The highest BCUT2D eigenvalue weighted by Gasteiger charge is 2.23. The van der Waals surface area contributed by atoms with Gasteiger partial charge in [0.2, 0.25) is 0 Å². The van der Waals surface area contributed by atoms with Crippen molar-refractivity contribution in [1.29, 1.82) is 0 Å². The Balaban J connectivity index is 2.28. The normalized spacial score (nSPS) is 14.2. The number of rotatable bonds is 7. The molecule has 0 radical (unpaired) electrons. The summed E-state index contributed by atoms with van der Waals surface area (Å²) in [6, 6.07) is 7.32. The highest BCUT2D eigenvalue weighted by Crippen LogP contribution is 2.12. The van der Waals surface area contributed by atoms with Crippen LogP contribution in [-0.2, 0) is 18.3 Å². The third kappa shape index (κ3) is 3.52. The minimum atomic E-state index is -0.368. The van der Waals surface area contributed by atoms with Crippen LogP contribution in [-0.4, -0.2) is 40.5 Å². The van der Waals surface area contributed by atoms with Crippen LogP contribution < -0.4 is 10.9 Å². The first-order valence-corrected chi connectivity index (χ1v) is 7.30. The molecule has 1 heterocycles. The lowest BCUT2D eigenvalue weighted by atomic mass is 9.99. The van der Waals surface area contributed by atoms with Gasteiger partial charge in [-0.2, -0.15) is 0 Å². The summed E-state index contributed by atoms with van der Waals surface area (Å²) < 4.78 is 6.77. The van der Waals surface area contributed by atoms with Crippen LogP contribution in [0.3, 0.4) is 0 Å². The van der Waals surface area contributed by atoms with E-state index >= 15 is 0 Å². The zero-order valence-electron chi connectivity index (χ0n) is 13.3. The van der Waals surface area contributed by atoms with Gasteiger partial charge in [-0.1, -0.05) is 12.1 Å². The number of hydrogen-bond donors (Lipinski definition) is 2. The standard InChI is InChI=1S/C16H23N3O3/c1-16(8-9-20,11-22-3)17-10-14-18-13-7-5-4-6-12(13)15(21)19(14)2/h4-7,17,20H,8-11H2,1-3H3. The Morgan fingerprint density at radius 2 is 2.14 bits per heavy atom. The average Bonchev–Trinajstić information content (AvgIpc) is 2.50. The van der Waals surface area contributed by atoms with Gasteiger partial charge in [-0.3, -0.25) is 9.36 Å². The van der Waals surface area contributed by atoms with Crippen LogP contribution in [0, 0.1) is 0 Å². The molecule has 0 spiro atoms. The second-order valence-corrected chi connectivity index (χ2v) is 5.73. The fraction of sp³-hybridized carbons (Fsp3) is 0.500. The van der Waals surface area contributed by atoms with Crippen molar-refractivity contribution in [1.82, 2.24) is 14.9 Å². The van der Waals surface area contributed by atoms with Crippen molar-refractivity contribution in [3.63, 3.8) is 0 Å². The number of aliphatic hydroxyl groups excluding tert-OH is 1. The van der Waals surface area contributed by atoms with Crippen molar-refractivity contribution in [2.24, 2.45) is 7.05 Å². The van der Waals surface area contributed by atoms with Gasteiger partial charge in [0.05, 0.1) is 24.1 Å². The van der Waals surface area contributed by atoms with Crippen LogP contribution in [0.4, 0.5) is 0 Å². The Bertz CT molecular complexity index is 691. The lowest BCUT2D eigenvalue weighted by molar-refractivity contribution is 0.0962. The topological polar surface area (TPSA) is 76.4 Å². The fourth-order valence-corrected chi connectivity index (χ4v) is 2.49. The summed E-state index contributed by atoms with van der Waals surface area (Å²) in [6.45, 7) is 2.94. The molecule has 6 heteroatoms. The number of hydrogen-bond acceptors (Lipinski definition) is 5. The minimum Gasteiger partial charge on any atom is -0.396 e. The highest BCUT2D eigenvalue weighted by atomic mass is 16.5. The number of benzene rings is 1. The van der Waals surface area contributed by atoms with Crippen molar-refractivity contribution in [2.75, 3.05) is 20.3 Å². The molecule has 1 aromatic heterocycles. The van der Waals surface area contributed by atoms with E-state index in [1.807, 2.05) is 25.1 Å². The summed E-state index contributed by atoms with van der Waals surface area (Å²) in [5, 5.41) is 13.2. The van der Waals surface area contributed by atoms with Crippen molar-refractivity contribution in [3.8, 4) is 0 Å². The second-order valence-electron chi connectivity index (χ2n) is 5.73. The first kappa shape index (κ1) is 16.6. The molecule has 0 aliphatic heterocycles. The Hall–Kier alpha value is -1.76. The zero-order valence-corrected chi connectivity index (χ0v) is 13.3. The fourth-order valence-electron chi connectivity index (χ4n) is 2.49. The van der Waals surface area contributed by atoms with E-state index in [0.717, 1.165) is 0 Å². The van der Waals surface area contributed by atoms with Crippen LogP contribution in [0.5, 0.6) is 0 Å².